The predicted molar refractivity (Wildman–Crippen MR) is 68.0 cm³/mol. The molecule has 1 aliphatic carbocycles. The van der Waals surface area contributed by atoms with Crippen molar-refractivity contribution in [3.05, 3.63) is 29.8 Å². The average Bonchev–Trinajstić information content (AvgIpc) is 2.88. The minimum Gasteiger partial charge on any atom is -0.491 e. The van der Waals surface area contributed by atoms with Gasteiger partial charge in [-0.25, -0.2) is 0 Å². The summed E-state index contributed by atoms with van der Waals surface area (Å²) in [6, 6.07) is 7.90. The minimum atomic E-state index is 0.471. The molecule has 2 rings (SSSR count). The zero-order valence-corrected chi connectivity index (χ0v) is 10.2. The molecule has 1 saturated carbocycles. The molecule has 1 aromatic rings. The maximum absolute atomic E-state index is 5.72. The molecule has 0 spiro atoms. The molecule has 3 heteroatoms. The molecule has 3 nitrogen and oxygen atoms in total. The molecule has 0 unspecified atom stereocenters. The molecule has 1 fully saturated rings. The molecule has 0 amide bonds. The van der Waals surface area contributed by atoms with Gasteiger partial charge in [0, 0.05) is 6.54 Å². The van der Waals surface area contributed by atoms with Crippen LogP contribution in [-0.2, 0) is 11.3 Å². The first-order valence-electron chi connectivity index (χ1n) is 6.42. The van der Waals surface area contributed by atoms with Crippen LogP contribution in [-0.4, -0.2) is 19.3 Å². The summed E-state index contributed by atoms with van der Waals surface area (Å²) in [4.78, 5) is 0. The van der Waals surface area contributed by atoms with E-state index in [1.807, 2.05) is 24.3 Å². The molecule has 0 heterocycles. The zero-order valence-electron chi connectivity index (χ0n) is 10.2. The fourth-order valence-corrected chi connectivity index (χ4v) is 2.15. The molecule has 0 aliphatic heterocycles. The number of hydrogen-bond donors (Lipinski definition) is 1. The quantitative estimate of drug-likeness (QED) is 0.770. The van der Waals surface area contributed by atoms with Crippen molar-refractivity contribution in [3.8, 4) is 5.75 Å². The van der Waals surface area contributed by atoms with Gasteiger partial charge in [-0.15, -0.1) is 0 Å². The topological polar surface area (TPSA) is 44.5 Å². The van der Waals surface area contributed by atoms with Crippen LogP contribution >= 0.6 is 0 Å². The summed E-state index contributed by atoms with van der Waals surface area (Å²) in [5, 5.41) is 0. The third-order valence-corrected chi connectivity index (χ3v) is 3.17. The van der Waals surface area contributed by atoms with Crippen LogP contribution in [0.4, 0.5) is 0 Å². The second-order valence-electron chi connectivity index (χ2n) is 4.47. The Balaban J connectivity index is 1.63. The summed E-state index contributed by atoms with van der Waals surface area (Å²) >= 11 is 0. The second kappa shape index (κ2) is 6.62. The summed E-state index contributed by atoms with van der Waals surface area (Å²) in [5.74, 6) is 0.886. The number of hydrogen-bond acceptors (Lipinski definition) is 3. The normalized spacial score (nSPS) is 16.3. The van der Waals surface area contributed by atoms with Gasteiger partial charge in [0.15, 0.2) is 0 Å². The second-order valence-corrected chi connectivity index (χ2v) is 4.47. The van der Waals surface area contributed by atoms with E-state index in [2.05, 4.69) is 0 Å². The molecular formula is C14H21NO2. The number of benzene rings is 1. The highest BCUT2D eigenvalue weighted by Crippen LogP contribution is 2.20. The fourth-order valence-electron chi connectivity index (χ4n) is 2.15. The Labute approximate surface area is 103 Å². The summed E-state index contributed by atoms with van der Waals surface area (Å²) in [6.07, 6.45) is 5.52. The van der Waals surface area contributed by atoms with E-state index in [1.54, 1.807) is 0 Å². The first-order valence-corrected chi connectivity index (χ1v) is 6.42. The van der Waals surface area contributed by atoms with E-state index in [4.69, 9.17) is 15.2 Å². The Morgan fingerprint density at radius 2 is 1.76 bits per heavy atom. The summed E-state index contributed by atoms with van der Waals surface area (Å²) < 4.78 is 11.3. The summed E-state index contributed by atoms with van der Waals surface area (Å²) in [7, 11) is 0. The predicted octanol–water partition coefficient (Wildman–Crippen LogP) is 2.48. The molecule has 1 aliphatic rings. The van der Waals surface area contributed by atoms with Crippen LogP contribution in [0.1, 0.15) is 31.2 Å². The van der Waals surface area contributed by atoms with Gasteiger partial charge in [-0.1, -0.05) is 25.0 Å². The van der Waals surface area contributed by atoms with Crippen LogP contribution in [0.2, 0.25) is 0 Å². The lowest BCUT2D eigenvalue weighted by Crippen LogP contribution is -2.13. The van der Waals surface area contributed by atoms with Crippen LogP contribution in [0.5, 0.6) is 5.75 Å². The number of nitrogens with two attached hydrogens (primary N) is 1. The highest BCUT2D eigenvalue weighted by molar-refractivity contribution is 5.26. The smallest absolute Gasteiger partial charge is 0.119 e. The van der Waals surface area contributed by atoms with Gasteiger partial charge in [-0.05, 0) is 30.5 Å². The van der Waals surface area contributed by atoms with Crippen molar-refractivity contribution in [1.29, 1.82) is 0 Å². The van der Waals surface area contributed by atoms with E-state index >= 15 is 0 Å². The Morgan fingerprint density at radius 3 is 2.41 bits per heavy atom. The van der Waals surface area contributed by atoms with E-state index in [0.717, 1.165) is 11.3 Å². The highest BCUT2D eigenvalue weighted by atomic mass is 16.5. The first-order chi connectivity index (χ1) is 8.38. The van der Waals surface area contributed by atoms with Gasteiger partial charge in [0.2, 0.25) is 0 Å². The Kier molecular flexibility index (Phi) is 4.83. The minimum absolute atomic E-state index is 0.471. The van der Waals surface area contributed by atoms with Gasteiger partial charge in [0.25, 0.3) is 0 Å². The van der Waals surface area contributed by atoms with Crippen molar-refractivity contribution in [3.63, 3.8) is 0 Å². The van der Waals surface area contributed by atoms with Crippen molar-refractivity contribution in [2.75, 3.05) is 13.2 Å². The van der Waals surface area contributed by atoms with Crippen molar-refractivity contribution in [2.24, 2.45) is 5.73 Å². The third kappa shape index (κ3) is 4.02. The first kappa shape index (κ1) is 12.4. The Bertz CT molecular complexity index is 317. The van der Waals surface area contributed by atoms with Gasteiger partial charge >= 0.3 is 0 Å². The molecule has 0 saturated heterocycles. The summed E-state index contributed by atoms with van der Waals surface area (Å²) in [5.41, 5.74) is 6.66. The van der Waals surface area contributed by atoms with E-state index in [-0.39, 0.29) is 0 Å². The van der Waals surface area contributed by atoms with Gasteiger partial charge in [0.1, 0.15) is 12.4 Å². The zero-order chi connectivity index (χ0) is 11.9. The lowest BCUT2D eigenvalue weighted by molar-refractivity contribution is 0.0382. The number of rotatable bonds is 6. The molecule has 2 N–H and O–H groups in total. The lowest BCUT2D eigenvalue weighted by Gasteiger charge is -2.11. The highest BCUT2D eigenvalue weighted by Gasteiger charge is 2.14. The average molecular weight is 235 g/mol. The van der Waals surface area contributed by atoms with Gasteiger partial charge in [-0.3, -0.25) is 0 Å². The monoisotopic (exact) mass is 235 g/mol. The molecular weight excluding hydrogens is 214 g/mol. The van der Waals surface area contributed by atoms with Crippen LogP contribution in [0.25, 0.3) is 0 Å². The van der Waals surface area contributed by atoms with Crippen molar-refractivity contribution in [2.45, 2.75) is 38.3 Å². The van der Waals surface area contributed by atoms with Crippen LogP contribution in [0, 0.1) is 0 Å². The number of ether oxygens (including phenoxy) is 2. The molecule has 0 radical (unpaired) electrons. The van der Waals surface area contributed by atoms with Crippen molar-refractivity contribution < 1.29 is 9.47 Å². The summed E-state index contributed by atoms with van der Waals surface area (Å²) in [6.45, 7) is 1.88. The van der Waals surface area contributed by atoms with E-state index in [9.17, 15) is 0 Å². The maximum atomic E-state index is 5.72. The van der Waals surface area contributed by atoms with Crippen molar-refractivity contribution in [1.82, 2.24) is 0 Å². The Morgan fingerprint density at radius 1 is 1.06 bits per heavy atom. The molecule has 0 aromatic heterocycles. The lowest BCUT2D eigenvalue weighted by atomic mass is 10.2. The molecule has 0 atom stereocenters. The SMILES string of the molecule is NCc1ccc(OCCOC2CCCC2)cc1. The molecule has 17 heavy (non-hydrogen) atoms. The van der Waals surface area contributed by atoms with Gasteiger partial charge < -0.3 is 15.2 Å². The largest absolute Gasteiger partial charge is 0.491 e. The molecule has 0 bridgehead atoms. The van der Waals surface area contributed by atoms with Crippen LogP contribution in [0.15, 0.2) is 24.3 Å². The van der Waals surface area contributed by atoms with Crippen LogP contribution < -0.4 is 10.5 Å². The van der Waals surface area contributed by atoms with Crippen molar-refractivity contribution >= 4 is 0 Å². The molecule has 94 valence electrons. The van der Waals surface area contributed by atoms with Crippen LogP contribution in [0.3, 0.4) is 0 Å². The molecule has 1 aromatic carbocycles. The van der Waals surface area contributed by atoms with Gasteiger partial charge in [-0.2, -0.15) is 0 Å². The maximum Gasteiger partial charge on any atom is 0.119 e. The fraction of sp³-hybridized carbons (Fsp3) is 0.571. The van der Waals surface area contributed by atoms with E-state index in [1.165, 1.54) is 25.7 Å². The standard InChI is InChI=1S/C14H21NO2/c15-11-12-5-7-14(8-6-12)17-10-9-16-13-3-1-2-4-13/h5-8,13H,1-4,9-11,15H2. The van der Waals surface area contributed by atoms with E-state index in [0.29, 0.717) is 25.9 Å². The third-order valence-electron chi connectivity index (χ3n) is 3.17. The van der Waals surface area contributed by atoms with E-state index < -0.39 is 0 Å². The Hall–Kier alpha value is -1.06. The van der Waals surface area contributed by atoms with Gasteiger partial charge in [0.05, 0.1) is 12.7 Å².